The van der Waals surface area contributed by atoms with Gasteiger partial charge in [0.05, 0.1) is 18.4 Å². The number of hydrogen-bond donors (Lipinski definition) is 0. The van der Waals surface area contributed by atoms with Crippen molar-refractivity contribution in [2.24, 2.45) is 0 Å². The van der Waals surface area contributed by atoms with Crippen LogP contribution in [0.4, 0.5) is 0 Å². The van der Waals surface area contributed by atoms with Crippen LogP contribution in [0.2, 0.25) is 0 Å². The van der Waals surface area contributed by atoms with E-state index < -0.39 is 5.97 Å². The van der Waals surface area contributed by atoms with E-state index in [0.717, 1.165) is 5.69 Å². The molecule has 0 bridgehead atoms. The molecule has 0 radical (unpaired) electrons. The Labute approximate surface area is 162 Å². The number of benzene rings is 1. The Kier molecular flexibility index (Phi) is 6.18. The van der Waals surface area contributed by atoms with Crippen molar-refractivity contribution in [3.05, 3.63) is 42.2 Å². The number of nitrogens with zero attached hydrogens (tertiary/aromatic N) is 3. The van der Waals surface area contributed by atoms with Crippen LogP contribution in [0.15, 0.2) is 41.7 Å². The van der Waals surface area contributed by atoms with Gasteiger partial charge in [0, 0.05) is 18.8 Å². The first kappa shape index (κ1) is 19.4. The predicted molar refractivity (Wildman–Crippen MR) is 102 cm³/mol. The molecule has 0 unspecified atom stereocenters. The molecule has 2 aromatic rings. The lowest BCUT2D eigenvalue weighted by Gasteiger charge is -2.35. The molecule has 0 N–H and O–H groups in total. The second-order valence-corrected chi connectivity index (χ2v) is 7.21. The topological polar surface area (TPSA) is 73.7 Å². The van der Waals surface area contributed by atoms with Gasteiger partial charge in [0.2, 0.25) is 0 Å². The summed E-state index contributed by atoms with van der Waals surface area (Å²) >= 11 is 1.43. The molecule has 0 saturated carbocycles. The molecule has 0 spiro atoms. The highest BCUT2D eigenvalue weighted by molar-refractivity contribution is 7.98. The number of morpholine rings is 1. The van der Waals surface area contributed by atoms with Crippen LogP contribution in [-0.4, -0.2) is 64.5 Å². The number of carbonyl (C=O) groups is 2. The predicted octanol–water partition coefficient (Wildman–Crippen LogP) is 2.39. The van der Waals surface area contributed by atoms with Gasteiger partial charge in [-0.05, 0) is 32.2 Å². The van der Waals surface area contributed by atoms with Crippen molar-refractivity contribution in [1.29, 1.82) is 0 Å². The molecule has 1 aromatic carbocycles. The average molecular weight is 389 g/mol. The molecule has 1 fully saturated rings. The number of rotatable bonds is 5. The van der Waals surface area contributed by atoms with E-state index in [2.05, 4.69) is 4.98 Å². The molecule has 1 saturated heterocycles. The minimum absolute atomic E-state index is 0.0305. The second-order valence-electron chi connectivity index (χ2n) is 6.43. The highest BCUT2D eigenvalue weighted by atomic mass is 32.2. The second kappa shape index (κ2) is 8.58. The molecule has 144 valence electrons. The molecule has 27 heavy (non-hydrogen) atoms. The van der Waals surface area contributed by atoms with E-state index in [4.69, 9.17) is 9.47 Å². The molecule has 2 atom stereocenters. The van der Waals surface area contributed by atoms with E-state index >= 15 is 0 Å². The Morgan fingerprint density at radius 2 is 1.89 bits per heavy atom. The monoisotopic (exact) mass is 389 g/mol. The van der Waals surface area contributed by atoms with Crippen molar-refractivity contribution in [2.45, 2.75) is 31.2 Å². The SMILES string of the molecule is CSc1ncc(C(=O)OCC(=O)N2C[C@H](C)O[C@@H](C)C2)n1-c1ccccc1. The van der Waals surface area contributed by atoms with E-state index in [1.54, 1.807) is 9.47 Å². The summed E-state index contributed by atoms with van der Waals surface area (Å²) in [6.45, 7) is 4.54. The number of esters is 1. The van der Waals surface area contributed by atoms with Crippen LogP contribution in [0.25, 0.3) is 5.69 Å². The van der Waals surface area contributed by atoms with Crippen molar-refractivity contribution in [1.82, 2.24) is 14.5 Å². The molecule has 2 heterocycles. The van der Waals surface area contributed by atoms with E-state index in [0.29, 0.717) is 23.9 Å². The van der Waals surface area contributed by atoms with Crippen LogP contribution in [0, 0.1) is 0 Å². The van der Waals surface area contributed by atoms with Gasteiger partial charge in [-0.25, -0.2) is 9.78 Å². The molecule has 1 amide bonds. The van der Waals surface area contributed by atoms with Crippen LogP contribution >= 0.6 is 11.8 Å². The zero-order valence-electron chi connectivity index (χ0n) is 15.6. The third-order valence-electron chi connectivity index (χ3n) is 4.23. The fourth-order valence-electron chi connectivity index (χ4n) is 3.12. The summed E-state index contributed by atoms with van der Waals surface area (Å²) in [5, 5.41) is 0.676. The maximum absolute atomic E-state index is 12.6. The normalized spacial score (nSPS) is 19.7. The summed E-state index contributed by atoms with van der Waals surface area (Å²) in [6, 6.07) is 9.46. The zero-order chi connectivity index (χ0) is 19.4. The quantitative estimate of drug-likeness (QED) is 0.577. The fourth-order valence-corrected chi connectivity index (χ4v) is 3.67. The van der Waals surface area contributed by atoms with Crippen LogP contribution in [0.5, 0.6) is 0 Å². The molecular formula is C19H23N3O4S. The van der Waals surface area contributed by atoms with Gasteiger partial charge in [0.1, 0.15) is 0 Å². The Balaban J connectivity index is 1.70. The number of hydrogen-bond acceptors (Lipinski definition) is 6. The van der Waals surface area contributed by atoms with Crippen LogP contribution in [0.1, 0.15) is 24.3 Å². The van der Waals surface area contributed by atoms with E-state index in [1.807, 2.05) is 50.4 Å². The van der Waals surface area contributed by atoms with Gasteiger partial charge in [0.25, 0.3) is 5.91 Å². The van der Waals surface area contributed by atoms with Crippen LogP contribution < -0.4 is 0 Å². The van der Waals surface area contributed by atoms with Crippen molar-refractivity contribution in [3.63, 3.8) is 0 Å². The Hall–Kier alpha value is -2.32. The van der Waals surface area contributed by atoms with Gasteiger partial charge in [0.15, 0.2) is 17.5 Å². The number of imidazole rings is 1. The smallest absolute Gasteiger partial charge is 0.357 e. The highest BCUT2D eigenvalue weighted by Crippen LogP contribution is 2.22. The summed E-state index contributed by atoms with van der Waals surface area (Å²) in [6.07, 6.45) is 3.31. The number of aromatic nitrogens is 2. The molecule has 8 heteroatoms. The Morgan fingerprint density at radius 1 is 1.22 bits per heavy atom. The van der Waals surface area contributed by atoms with E-state index in [-0.39, 0.29) is 24.7 Å². The molecule has 0 aliphatic carbocycles. The van der Waals surface area contributed by atoms with Gasteiger partial charge in [-0.2, -0.15) is 0 Å². The van der Waals surface area contributed by atoms with Gasteiger partial charge in [-0.1, -0.05) is 30.0 Å². The van der Waals surface area contributed by atoms with E-state index in [1.165, 1.54) is 18.0 Å². The first-order valence-electron chi connectivity index (χ1n) is 8.77. The summed E-state index contributed by atoms with van der Waals surface area (Å²) in [4.78, 5) is 31.0. The van der Waals surface area contributed by atoms with Gasteiger partial charge in [-0.15, -0.1) is 0 Å². The fraction of sp³-hybridized carbons (Fsp3) is 0.421. The Bertz CT molecular complexity index is 799. The van der Waals surface area contributed by atoms with E-state index in [9.17, 15) is 9.59 Å². The van der Waals surface area contributed by atoms with Crippen molar-refractivity contribution >= 4 is 23.6 Å². The first-order valence-corrected chi connectivity index (χ1v) is 9.99. The molecule has 1 aliphatic rings. The third-order valence-corrected chi connectivity index (χ3v) is 4.89. The minimum Gasteiger partial charge on any atom is -0.451 e. The van der Waals surface area contributed by atoms with Gasteiger partial charge < -0.3 is 14.4 Å². The molecule has 1 aromatic heterocycles. The van der Waals surface area contributed by atoms with Gasteiger partial charge >= 0.3 is 5.97 Å². The number of ether oxygens (including phenoxy) is 2. The third kappa shape index (κ3) is 4.51. The minimum atomic E-state index is -0.575. The summed E-state index contributed by atoms with van der Waals surface area (Å²) < 4.78 is 12.7. The molecule has 1 aliphatic heterocycles. The maximum Gasteiger partial charge on any atom is 0.357 e. The van der Waals surface area contributed by atoms with Crippen LogP contribution in [-0.2, 0) is 14.3 Å². The summed E-state index contributed by atoms with van der Waals surface area (Å²) in [5.41, 5.74) is 1.11. The first-order chi connectivity index (χ1) is 13.0. The van der Waals surface area contributed by atoms with Gasteiger partial charge in [-0.3, -0.25) is 9.36 Å². The highest BCUT2D eigenvalue weighted by Gasteiger charge is 2.27. The van der Waals surface area contributed by atoms with Crippen molar-refractivity contribution in [2.75, 3.05) is 26.0 Å². The summed E-state index contributed by atoms with van der Waals surface area (Å²) in [7, 11) is 0. The maximum atomic E-state index is 12.6. The lowest BCUT2D eigenvalue weighted by atomic mass is 10.2. The van der Waals surface area contributed by atoms with Crippen LogP contribution in [0.3, 0.4) is 0 Å². The number of thioether (sulfide) groups is 1. The lowest BCUT2D eigenvalue weighted by Crippen LogP contribution is -2.49. The molecular weight excluding hydrogens is 366 g/mol. The molecule has 3 rings (SSSR count). The largest absolute Gasteiger partial charge is 0.451 e. The average Bonchev–Trinajstić information content (AvgIpc) is 3.10. The standard InChI is InChI=1S/C19H23N3O4S/c1-13-10-21(11-14(2)26-13)17(23)12-25-18(24)16-9-20-19(27-3)22(16)15-7-5-4-6-8-15/h4-9,13-14H,10-12H2,1-3H3/t13-,14-/m0/s1. The number of carbonyl (C=O) groups excluding carboxylic acids is 2. The number of para-hydroxylation sites is 1. The zero-order valence-corrected chi connectivity index (χ0v) is 16.4. The summed E-state index contributed by atoms with van der Waals surface area (Å²) in [5.74, 6) is -0.796. The van der Waals surface area contributed by atoms with Crippen molar-refractivity contribution in [3.8, 4) is 5.69 Å². The molecule has 7 nitrogen and oxygen atoms in total. The number of amides is 1. The Morgan fingerprint density at radius 3 is 2.52 bits per heavy atom. The lowest BCUT2D eigenvalue weighted by molar-refractivity contribution is -0.146. The van der Waals surface area contributed by atoms with Crippen molar-refractivity contribution < 1.29 is 19.1 Å².